The highest BCUT2D eigenvalue weighted by Crippen LogP contribution is 2.42. The van der Waals surface area contributed by atoms with Crippen LogP contribution in [0.3, 0.4) is 0 Å². The summed E-state index contributed by atoms with van der Waals surface area (Å²) in [7, 11) is 0. The van der Waals surface area contributed by atoms with Gasteiger partial charge in [-0.1, -0.05) is 44.0 Å². The van der Waals surface area contributed by atoms with Crippen LogP contribution in [0.15, 0.2) is 11.6 Å². The molecule has 0 spiro atoms. The Hall–Kier alpha value is -1.68. The molecule has 1 aromatic carbocycles. The van der Waals surface area contributed by atoms with E-state index in [-0.39, 0.29) is 26.8 Å². The van der Waals surface area contributed by atoms with E-state index in [9.17, 15) is 5.11 Å². The van der Waals surface area contributed by atoms with Gasteiger partial charge in [-0.25, -0.2) is 0 Å². The number of allylic oxidation sites excluding steroid dienone is 1. The molecule has 0 aliphatic carbocycles. The molecule has 0 bridgehead atoms. The maximum absolute atomic E-state index is 10.0. The van der Waals surface area contributed by atoms with Crippen molar-refractivity contribution < 1.29 is 5.11 Å². The summed E-state index contributed by atoms with van der Waals surface area (Å²) in [5.74, 6) is -0.0771. The smallest absolute Gasteiger partial charge is 0.139 e. The van der Waals surface area contributed by atoms with E-state index >= 15 is 0 Å². The number of hydrogen-bond acceptors (Lipinski definition) is 3. The van der Waals surface area contributed by atoms with Crippen molar-refractivity contribution in [2.45, 2.75) is 26.2 Å². The van der Waals surface area contributed by atoms with Crippen molar-refractivity contribution in [3.63, 3.8) is 0 Å². The fourth-order valence-corrected chi connectivity index (χ4v) is 1.97. The number of hydrogen-bond donors (Lipinski definition) is 1. The molecule has 19 heavy (non-hydrogen) atoms. The summed E-state index contributed by atoms with van der Waals surface area (Å²) in [6.45, 7) is 5.74. The predicted octanol–water partition coefficient (Wildman–Crippen LogP) is 4.43. The van der Waals surface area contributed by atoms with Crippen LogP contribution in [0.25, 0.3) is 6.08 Å². The van der Waals surface area contributed by atoms with E-state index in [1.165, 1.54) is 6.08 Å². The van der Waals surface area contributed by atoms with Crippen LogP contribution in [-0.4, -0.2) is 5.11 Å². The van der Waals surface area contributed by atoms with E-state index in [1.807, 2.05) is 20.8 Å². The van der Waals surface area contributed by atoms with Crippen LogP contribution >= 0.6 is 23.2 Å². The summed E-state index contributed by atoms with van der Waals surface area (Å²) in [6.07, 6.45) is 1.35. The first-order valence-corrected chi connectivity index (χ1v) is 6.21. The Balaban J connectivity index is 3.62. The molecular formula is C14H12Cl2N2O. The van der Waals surface area contributed by atoms with Gasteiger partial charge in [-0.05, 0) is 23.1 Å². The summed E-state index contributed by atoms with van der Waals surface area (Å²) < 4.78 is 0. The molecule has 0 aromatic heterocycles. The van der Waals surface area contributed by atoms with Crippen molar-refractivity contribution in [1.29, 1.82) is 10.5 Å². The minimum absolute atomic E-state index is 0.0237. The van der Waals surface area contributed by atoms with Gasteiger partial charge < -0.3 is 5.11 Å². The summed E-state index contributed by atoms with van der Waals surface area (Å²) in [4.78, 5) is 0. The molecule has 98 valence electrons. The van der Waals surface area contributed by atoms with Gasteiger partial charge in [0, 0.05) is 5.56 Å². The van der Waals surface area contributed by atoms with Crippen LogP contribution < -0.4 is 0 Å². The van der Waals surface area contributed by atoms with Gasteiger partial charge in [0.1, 0.15) is 28.5 Å². The Morgan fingerprint density at radius 3 is 2.16 bits per heavy atom. The number of rotatable bonds is 1. The second-order valence-electron chi connectivity index (χ2n) is 5.02. The number of nitrogens with zero attached hydrogens (tertiary/aromatic N) is 2. The van der Waals surface area contributed by atoms with Gasteiger partial charge in [0.05, 0.1) is 5.02 Å². The second kappa shape index (κ2) is 5.53. The van der Waals surface area contributed by atoms with Gasteiger partial charge in [0.25, 0.3) is 0 Å². The molecule has 0 unspecified atom stereocenters. The molecule has 1 aromatic rings. The maximum Gasteiger partial charge on any atom is 0.139 e. The number of benzene rings is 1. The van der Waals surface area contributed by atoms with Crippen molar-refractivity contribution >= 4 is 29.3 Å². The Bertz CT molecular complexity index is 613. The number of nitriles is 2. The zero-order valence-corrected chi connectivity index (χ0v) is 12.3. The lowest BCUT2D eigenvalue weighted by atomic mass is 9.85. The van der Waals surface area contributed by atoms with Gasteiger partial charge in [-0.2, -0.15) is 10.5 Å². The van der Waals surface area contributed by atoms with Crippen LogP contribution in [0.5, 0.6) is 5.75 Å². The molecular weight excluding hydrogens is 283 g/mol. The molecule has 1 rings (SSSR count). The molecule has 0 amide bonds. The van der Waals surface area contributed by atoms with E-state index < -0.39 is 0 Å². The van der Waals surface area contributed by atoms with Crippen molar-refractivity contribution in [2.75, 3.05) is 0 Å². The molecule has 3 nitrogen and oxygen atoms in total. The van der Waals surface area contributed by atoms with Gasteiger partial charge in [-0.3, -0.25) is 0 Å². The maximum atomic E-state index is 10.0. The van der Waals surface area contributed by atoms with E-state index in [0.29, 0.717) is 11.1 Å². The van der Waals surface area contributed by atoms with Crippen LogP contribution in [0, 0.1) is 22.7 Å². The van der Waals surface area contributed by atoms with E-state index in [1.54, 1.807) is 18.2 Å². The highest BCUT2D eigenvalue weighted by Gasteiger charge is 2.23. The molecule has 0 saturated carbocycles. The molecule has 0 heterocycles. The fourth-order valence-electron chi connectivity index (χ4n) is 1.56. The van der Waals surface area contributed by atoms with Crippen molar-refractivity contribution in [3.05, 3.63) is 32.8 Å². The topological polar surface area (TPSA) is 67.8 Å². The third-order valence-electron chi connectivity index (χ3n) is 2.56. The molecule has 0 atom stereocenters. The molecule has 0 aliphatic heterocycles. The molecule has 0 radical (unpaired) electrons. The number of phenols is 1. The number of halogens is 2. The highest BCUT2D eigenvalue weighted by molar-refractivity contribution is 6.44. The van der Waals surface area contributed by atoms with E-state index in [0.717, 1.165) is 0 Å². The summed E-state index contributed by atoms with van der Waals surface area (Å²) in [6, 6.07) is 5.15. The van der Waals surface area contributed by atoms with Gasteiger partial charge in [0.15, 0.2) is 0 Å². The van der Waals surface area contributed by atoms with Crippen LogP contribution in [-0.2, 0) is 5.41 Å². The molecule has 0 saturated heterocycles. The third kappa shape index (κ3) is 3.20. The average Bonchev–Trinajstić information content (AvgIpc) is 2.34. The zero-order valence-electron chi connectivity index (χ0n) is 10.8. The quantitative estimate of drug-likeness (QED) is 0.779. The summed E-state index contributed by atoms with van der Waals surface area (Å²) in [5.41, 5.74) is 0.611. The van der Waals surface area contributed by atoms with E-state index in [4.69, 9.17) is 33.7 Å². The van der Waals surface area contributed by atoms with Crippen LogP contribution in [0.2, 0.25) is 10.0 Å². The number of phenolic OH excluding ortho intramolecular Hbond substituents is 1. The van der Waals surface area contributed by atoms with Gasteiger partial charge in [-0.15, -0.1) is 0 Å². The largest absolute Gasteiger partial charge is 0.506 e. The highest BCUT2D eigenvalue weighted by atomic mass is 35.5. The zero-order chi connectivity index (χ0) is 14.8. The summed E-state index contributed by atoms with van der Waals surface area (Å²) in [5, 5.41) is 27.7. The Labute approximate surface area is 122 Å². The number of aromatic hydroxyl groups is 1. The van der Waals surface area contributed by atoms with Crippen molar-refractivity contribution in [2.24, 2.45) is 0 Å². The van der Waals surface area contributed by atoms with Crippen molar-refractivity contribution in [3.8, 4) is 17.9 Å². The average molecular weight is 295 g/mol. The standard InChI is InChI=1S/C14H12Cl2N2O/c1-14(2,3)10-5-9(4-8(6-17)7-18)11(15)12(16)13(10)19/h4-5,19H,1-3H3. The lowest BCUT2D eigenvalue weighted by molar-refractivity contribution is 0.447. The lowest BCUT2D eigenvalue weighted by Crippen LogP contribution is -2.12. The molecule has 1 N–H and O–H groups in total. The Kier molecular flexibility index (Phi) is 4.48. The monoisotopic (exact) mass is 294 g/mol. The van der Waals surface area contributed by atoms with E-state index in [2.05, 4.69) is 0 Å². The fraction of sp³-hybridized carbons (Fsp3) is 0.286. The summed E-state index contributed by atoms with van der Waals surface area (Å²) >= 11 is 12.0. The first-order chi connectivity index (χ1) is 8.72. The molecule has 5 heteroatoms. The first kappa shape index (κ1) is 15.4. The third-order valence-corrected chi connectivity index (χ3v) is 3.43. The Morgan fingerprint density at radius 2 is 1.74 bits per heavy atom. The van der Waals surface area contributed by atoms with Gasteiger partial charge >= 0.3 is 0 Å². The van der Waals surface area contributed by atoms with Crippen molar-refractivity contribution in [1.82, 2.24) is 0 Å². The van der Waals surface area contributed by atoms with Crippen LogP contribution in [0.4, 0.5) is 0 Å². The van der Waals surface area contributed by atoms with Crippen LogP contribution in [0.1, 0.15) is 31.9 Å². The SMILES string of the molecule is CC(C)(C)c1cc(C=C(C#N)C#N)c(Cl)c(Cl)c1O. The van der Waals surface area contributed by atoms with Gasteiger partial charge in [0.2, 0.25) is 0 Å². The normalized spacial score (nSPS) is 10.5. The first-order valence-electron chi connectivity index (χ1n) is 5.45. The Morgan fingerprint density at radius 1 is 1.21 bits per heavy atom. The minimum Gasteiger partial charge on any atom is -0.506 e. The lowest BCUT2D eigenvalue weighted by Gasteiger charge is -2.22. The molecule has 0 aliphatic rings. The minimum atomic E-state index is -0.347. The predicted molar refractivity (Wildman–Crippen MR) is 76.0 cm³/mol. The second-order valence-corrected chi connectivity index (χ2v) is 5.78. The molecule has 0 fully saturated rings.